The molecule has 2 heteroatoms. The predicted octanol–water partition coefficient (Wildman–Crippen LogP) is 4.22. The highest BCUT2D eigenvalue weighted by Gasteiger charge is 2.11. The van der Waals surface area contributed by atoms with Gasteiger partial charge in [-0.15, -0.1) is 0 Å². The Morgan fingerprint density at radius 3 is 2.47 bits per heavy atom. The van der Waals surface area contributed by atoms with Crippen LogP contribution in [0.4, 0.5) is 4.39 Å². The minimum atomic E-state index is -0.183. The molecule has 0 saturated heterocycles. The van der Waals surface area contributed by atoms with Gasteiger partial charge in [0.05, 0.1) is 0 Å². The minimum Gasteiger partial charge on any atom is -0.310 e. The van der Waals surface area contributed by atoms with Gasteiger partial charge in [-0.25, -0.2) is 4.39 Å². The van der Waals surface area contributed by atoms with E-state index in [1.54, 1.807) is 0 Å². The summed E-state index contributed by atoms with van der Waals surface area (Å²) in [6.45, 7) is 9.28. The number of halogens is 1. The lowest BCUT2D eigenvalue weighted by molar-refractivity contribution is 0.522. The maximum atomic E-state index is 12.9. The second-order valence-corrected chi connectivity index (χ2v) is 4.37. The maximum Gasteiger partial charge on any atom is 0.123 e. The van der Waals surface area contributed by atoms with Crippen molar-refractivity contribution in [3.05, 3.63) is 47.8 Å². The van der Waals surface area contributed by atoms with Crippen molar-refractivity contribution in [3.63, 3.8) is 0 Å². The summed E-state index contributed by atoms with van der Waals surface area (Å²) in [6, 6.07) is 7.00. The van der Waals surface area contributed by atoms with Crippen molar-refractivity contribution in [2.75, 3.05) is 6.54 Å². The Morgan fingerprint density at radius 1 is 1.29 bits per heavy atom. The van der Waals surface area contributed by atoms with Crippen LogP contribution in [-0.2, 0) is 0 Å². The number of hydrogen-bond donors (Lipinski definition) is 1. The molecular weight excluding hydrogens is 213 g/mol. The monoisotopic (exact) mass is 235 g/mol. The molecule has 0 saturated carbocycles. The van der Waals surface area contributed by atoms with Gasteiger partial charge in [-0.3, -0.25) is 0 Å². The molecule has 0 aliphatic carbocycles. The van der Waals surface area contributed by atoms with Gasteiger partial charge < -0.3 is 5.32 Å². The second-order valence-electron chi connectivity index (χ2n) is 4.37. The van der Waals surface area contributed by atoms with Crippen molar-refractivity contribution >= 4 is 0 Å². The first kappa shape index (κ1) is 13.9. The summed E-state index contributed by atoms with van der Waals surface area (Å²) in [7, 11) is 0. The van der Waals surface area contributed by atoms with E-state index in [1.165, 1.54) is 17.7 Å². The van der Waals surface area contributed by atoms with Gasteiger partial charge in [-0.1, -0.05) is 38.1 Å². The molecular formula is C15H22FN. The molecule has 0 bridgehead atoms. The Balaban J connectivity index is 2.74. The van der Waals surface area contributed by atoms with Gasteiger partial charge in [0.1, 0.15) is 5.82 Å². The van der Waals surface area contributed by atoms with Crippen molar-refractivity contribution in [1.82, 2.24) is 5.32 Å². The van der Waals surface area contributed by atoms with Gasteiger partial charge >= 0.3 is 0 Å². The van der Waals surface area contributed by atoms with Crippen LogP contribution in [0.15, 0.2) is 36.4 Å². The summed E-state index contributed by atoms with van der Waals surface area (Å²) in [5.74, 6) is -0.183. The lowest BCUT2D eigenvalue weighted by atomic mass is 9.98. The van der Waals surface area contributed by atoms with Crippen LogP contribution in [0.2, 0.25) is 0 Å². The SMILES string of the molecule is C=C(CC)CC(NCCC)c1ccc(F)cc1. The fourth-order valence-corrected chi connectivity index (χ4v) is 1.75. The van der Waals surface area contributed by atoms with Gasteiger partial charge in [0.25, 0.3) is 0 Å². The Hall–Kier alpha value is -1.15. The number of benzene rings is 1. The third-order valence-electron chi connectivity index (χ3n) is 2.91. The maximum absolute atomic E-state index is 12.9. The fraction of sp³-hybridized carbons (Fsp3) is 0.467. The zero-order valence-electron chi connectivity index (χ0n) is 10.8. The molecule has 0 aliphatic heterocycles. The molecule has 1 rings (SSSR count). The molecule has 1 aromatic rings. The van der Waals surface area contributed by atoms with Crippen LogP contribution < -0.4 is 5.32 Å². The molecule has 17 heavy (non-hydrogen) atoms. The average molecular weight is 235 g/mol. The van der Waals surface area contributed by atoms with Crippen LogP contribution in [0.1, 0.15) is 44.7 Å². The van der Waals surface area contributed by atoms with Crippen molar-refractivity contribution in [2.45, 2.75) is 39.2 Å². The second kappa shape index (κ2) is 7.23. The highest BCUT2D eigenvalue weighted by Crippen LogP contribution is 2.22. The summed E-state index contributed by atoms with van der Waals surface area (Å²) in [5, 5.41) is 3.49. The molecule has 1 aromatic carbocycles. The molecule has 0 fully saturated rings. The first-order valence-corrected chi connectivity index (χ1v) is 6.32. The molecule has 94 valence electrons. The van der Waals surface area contributed by atoms with Crippen molar-refractivity contribution < 1.29 is 4.39 Å². The molecule has 1 nitrogen and oxygen atoms in total. The first-order chi connectivity index (χ1) is 8.17. The van der Waals surface area contributed by atoms with E-state index in [-0.39, 0.29) is 11.9 Å². The summed E-state index contributed by atoms with van der Waals surface area (Å²) >= 11 is 0. The highest BCUT2D eigenvalue weighted by molar-refractivity contribution is 5.21. The van der Waals surface area contributed by atoms with Crippen molar-refractivity contribution in [1.29, 1.82) is 0 Å². The molecule has 0 heterocycles. The zero-order chi connectivity index (χ0) is 12.7. The molecule has 0 aliphatic rings. The van der Waals surface area contributed by atoms with Gasteiger partial charge in [-0.2, -0.15) is 0 Å². The first-order valence-electron chi connectivity index (χ1n) is 6.32. The van der Waals surface area contributed by atoms with E-state index >= 15 is 0 Å². The Bertz CT molecular complexity index is 342. The number of nitrogens with one attached hydrogen (secondary N) is 1. The van der Waals surface area contributed by atoms with Crippen LogP contribution in [0.3, 0.4) is 0 Å². The van der Waals surface area contributed by atoms with E-state index < -0.39 is 0 Å². The molecule has 0 aromatic heterocycles. The smallest absolute Gasteiger partial charge is 0.123 e. The molecule has 0 amide bonds. The van der Waals surface area contributed by atoms with E-state index in [4.69, 9.17) is 0 Å². The topological polar surface area (TPSA) is 12.0 Å². The lowest BCUT2D eigenvalue weighted by Gasteiger charge is -2.20. The Morgan fingerprint density at radius 2 is 1.94 bits per heavy atom. The van der Waals surface area contributed by atoms with Gasteiger partial charge in [-0.05, 0) is 43.5 Å². The van der Waals surface area contributed by atoms with Crippen LogP contribution in [0.25, 0.3) is 0 Å². The molecule has 1 N–H and O–H groups in total. The van der Waals surface area contributed by atoms with Gasteiger partial charge in [0, 0.05) is 6.04 Å². The van der Waals surface area contributed by atoms with E-state index in [0.29, 0.717) is 0 Å². The standard InChI is InChI=1S/C15H22FN/c1-4-10-17-15(11-12(3)5-2)13-6-8-14(16)9-7-13/h6-9,15,17H,3-5,10-11H2,1-2H3. The predicted molar refractivity (Wildman–Crippen MR) is 71.5 cm³/mol. The van der Waals surface area contributed by atoms with Crippen molar-refractivity contribution in [2.24, 2.45) is 0 Å². The quantitative estimate of drug-likeness (QED) is 0.698. The van der Waals surface area contributed by atoms with Crippen LogP contribution in [-0.4, -0.2) is 6.54 Å². The highest BCUT2D eigenvalue weighted by atomic mass is 19.1. The van der Waals surface area contributed by atoms with Crippen LogP contribution in [0, 0.1) is 5.82 Å². The minimum absolute atomic E-state index is 0.183. The molecule has 0 radical (unpaired) electrons. The van der Waals surface area contributed by atoms with E-state index in [1.807, 2.05) is 12.1 Å². The van der Waals surface area contributed by atoms with Gasteiger partial charge in [0.15, 0.2) is 0 Å². The van der Waals surface area contributed by atoms with E-state index in [9.17, 15) is 4.39 Å². The Kier molecular flexibility index (Phi) is 5.92. The number of rotatable bonds is 7. The third kappa shape index (κ3) is 4.70. The lowest BCUT2D eigenvalue weighted by Crippen LogP contribution is -2.22. The summed E-state index contributed by atoms with van der Waals surface area (Å²) in [5.41, 5.74) is 2.36. The summed E-state index contributed by atoms with van der Waals surface area (Å²) < 4.78 is 12.9. The van der Waals surface area contributed by atoms with Crippen molar-refractivity contribution in [3.8, 4) is 0 Å². The van der Waals surface area contributed by atoms with Crippen LogP contribution in [0.5, 0.6) is 0 Å². The van der Waals surface area contributed by atoms with Crippen LogP contribution >= 0.6 is 0 Å². The third-order valence-corrected chi connectivity index (χ3v) is 2.91. The Labute approximate surface area is 104 Å². The zero-order valence-corrected chi connectivity index (χ0v) is 10.8. The van der Waals surface area contributed by atoms with Gasteiger partial charge in [0.2, 0.25) is 0 Å². The molecule has 1 unspecified atom stereocenters. The summed E-state index contributed by atoms with van der Waals surface area (Å²) in [6.07, 6.45) is 3.00. The van der Waals surface area contributed by atoms with E-state index in [2.05, 4.69) is 25.7 Å². The molecule has 1 atom stereocenters. The largest absolute Gasteiger partial charge is 0.310 e. The number of hydrogen-bond acceptors (Lipinski definition) is 1. The normalized spacial score (nSPS) is 12.4. The average Bonchev–Trinajstić information content (AvgIpc) is 2.35. The fourth-order valence-electron chi connectivity index (χ4n) is 1.75. The molecule has 0 spiro atoms. The summed E-state index contributed by atoms with van der Waals surface area (Å²) in [4.78, 5) is 0. The van der Waals surface area contributed by atoms with E-state index in [0.717, 1.165) is 31.4 Å².